The van der Waals surface area contributed by atoms with Crippen LogP contribution in [-0.4, -0.2) is 7.11 Å². The van der Waals surface area contributed by atoms with Crippen molar-refractivity contribution >= 4 is 0 Å². The smallest absolute Gasteiger partial charge is 0.126 e. The lowest BCUT2D eigenvalue weighted by Crippen LogP contribution is -1.75. The fraction of sp³-hybridized carbons (Fsp3) is 0.143. The van der Waals surface area contributed by atoms with Crippen molar-refractivity contribution in [2.24, 2.45) is 0 Å². The van der Waals surface area contributed by atoms with Crippen molar-refractivity contribution < 1.29 is 4.74 Å². The molecule has 0 amide bonds. The first-order valence-electron chi connectivity index (χ1n) is 2.60. The number of methoxy groups -OCH3 is 1. The summed E-state index contributed by atoms with van der Waals surface area (Å²) in [4.78, 5) is 0. The number of ether oxygens (including phenoxy) is 1. The highest BCUT2D eigenvalue weighted by atomic mass is 16.5. The molecule has 0 saturated carbocycles. The van der Waals surface area contributed by atoms with Crippen molar-refractivity contribution in [3.63, 3.8) is 0 Å². The number of hydrogen-bond acceptors (Lipinski definition) is 1. The number of hydrogen-bond donors (Lipinski definition) is 0. The molecule has 0 aromatic rings. The minimum absolute atomic E-state index is 1.01. The Hall–Kier alpha value is -0.980. The van der Waals surface area contributed by atoms with Gasteiger partial charge in [0.05, 0.1) is 7.11 Å². The van der Waals surface area contributed by atoms with E-state index in [1.807, 2.05) is 6.07 Å². The van der Waals surface area contributed by atoms with Crippen molar-refractivity contribution in [2.45, 2.75) is 0 Å². The maximum absolute atomic E-state index is 5.01. The fourth-order valence-corrected chi connectivity index (χ4v) is 0.904. The highest BCUT2D eigenvalue weighted by Gasteiger charge is 2.16. The van der Waals surface area contributed by atoms with Crippen LogP contribution in [0.15, 0.2) is 18.2 Å². The third-order valence-electron chi connectivity index (χ3n) is 1.43. The van der Waals surface area contributed by atoms with Crippen LogP contribution in [0.3, 0.4) is 0 Å². The Morgan fingerprint density at radius 2 is 2.25 bits per heavy atom. The molecule has 8 heavy (non-hydrogen) atoms. The number of fused-ring (bicyclic) bond motifs is 1. The highest BCUT2D eigenvalue weighted by molar-refractivity contribution is 5.87. The van der Waals surface area contributed by atoms with Gasteiger partial charge in [0.25, 0.3) is 0 Å². The Morgan fingerprint density at radius 1 is 1.38 bits per heavy atom. The van der Waals surface area contributed by atoms with Crippen LogP contribution in [0.4, 0.5) is 0 Å². The molecule has 0 radical (unpaired) electrons. The normalized spacial score (nSPS) is 11.1. The van der Waals surface area contributed by atoms with Gasteiger partial charge in [-0.1, -0.05) is 6.07 Å². The lowest BCUT2D eigenvalue weighted by molar-refractivity contribution is 0.418. The van der Waals surface area contributed by atoms with Crippen LogP contribution in [0.25, 0.3) is 11.1 Å². The van der Waals surface area contributed by atoms with Gasteiger partial charge in [0.2, 0.25) is 0 Å². The molecule has 0 aromatic heterocycles. The van der Waals surface area contributed by atoms with Gasteiger partial charge >= 0.3 is 0 Å². The zero-order valence-corrected chi connectivity index (χ0v) is 4.64. The minimum atomic E-state index is 1.01. The summed E-state index contributed by atoms with van der Waals surface area (Å²) >= 11 is 0. The second-order valence-electron chi connectivity index (χ2n) is 1.92. The van der Waals surface area contributed by atoms with Gasteiger partial charge in [-0.15, -0.1) is 0 Å². The van der Waals surface area contributed by atoms with Crippen LogP contribution in [0.1, 0.15) is 0 Å². The van der Waals surface area contributed by atoms with Gasteiger partial charge in [0, 0.05) is 5.56 Å². The summed E-state index contributed by atoms with van der Waals surface area (Å²) in [6.07, 6.45) is 0. The molecular weight excluding hydrogens is 100 g/mol. The molecule has 0 unspecified atom stereocenters. The summed E-state index contributed by atoms with van der Waals surface area (Å²) in [7, 11) is 1.70. The largest absolute Gasteiger partial charge is 0.496 e. The van der Waals surface area contributed by atoms with Crippen molar-refractivity contribution in [1.82, 2.24) is 0 Å². The molecule has 1 nitrogen and oxygen atoms in total. The first kappa shape index (κ1) is 3.96. The first-order valence-corrected chi connectivity index (χ1v) is 2.60. The van der Waals surface area contributed by atoms with E-state index in [0.717, 1.165) is 5.75 Å². The topological polar surface area (TPSA) is 9.23 Å². The summed E-state index contributed by atoms with van der Waals surface area (Å²) in [5, 5.41) is 0. The molecule has 40 valence electrons. The number of benzene rings is 1. The molecule has 2 rings (SSSR count). The second-order valence-corrected chi connectivity index (χ2v) is 1.92. The van der Waals surface area contributed by atoms with Gasteiger partial charge in [-0.25, -0.2) is 0 Å². The highest BCUT2D eigenvalue weighted by Crippen LogP contribution is 2.43. The number of rotatable bonds is 1. The van der Waals surface area contributed by atoms with Gasteiger partial charge in [-0.2, -0.15) is 0 Å². The zero-order valence-electron chi connectivity index (χ0n) is 4.64. The zero-order chi connectivity index (χ0) is 5.56. The summed E-state index contributed by atoms with van der Waals surface area (Å²) in [5.41, 5.74) is 2.62. The third-order valence-corrected chi connectivity index (χ3v) is 1.43. The Bertz CT molecular complexity index is 228. The SMILES string of the molecule is COc1ccc2cc1-2. The standard InChI is InChI=1S/C7H6O/c1-8-7-3-2-5-4-6(5)7/h2-4H,1H3. The molecule has 0 aromatic carbocycles. The Kier molecular flexibility index (Phi) is 0.519. The summed E-state index contributed by atoms with van der Waals surface area (Å²) in [6, 6.07) is 6.16. The Balaban J connectivity index is 2.49. The van der Waals surface area contributed by atoms with E-state index in [1.165, 1.54) is 11.1 Å². The van der Waals surface area contributed by atoms with Crippen molar-refractivity contribution in [3.8, 4) is 16.9 Å². The Morgan fingerprint density at radius 3 is 2.50 bits per heavy atom. The first-order chi connectivity index (χ1) is 3.92. The van der Waals surface area contributed by atoms with Crippen LogP contribution in [0.2, 0.25) is 0 Å². The average Bonchev–Trinajstić information content (AvgIpc) is 2.46. The van der Waals surface area contributed by atoms with Crippen LogP contribution in [0, 0.1) is 0 Å². The van der Waals surface area contributed by atoms with Crippen molar-refractivity contribution in [2.75, 3.05) is 7.11 Å². The quantitative estimate of drug-likeness (QED) is 0.537. The molecule has 1 heteroatoms. The average molecular weight is 106 g/mol. The van der Waals surface area contributed by atoms with E-state index in [2.05, 4.69) is 12.1 Å². The molecule has 0 fully saturated rings. The van der Waals surface area contributed by atoms with Crippen LogP contribution < -0.4 is 4.74 Å². The molecule has 0 atom stereocenters. The maximum Gasteiger partial charge on any atom is 0.126 e. The molecule has 0 heterocycles. The maximum atomic E-state index is 5.01. The molecule has 0 saturated heterocycles. The predicted molar refractivity (Wildman–Crippen MR) is 32.0 cm³/mol. The third kappa shape index (κ3) is 0.316. The predicted octanol–water partition coefficient (Wildman–Crippen LogP) is 1.68. The lowest BCUT2D eigenvalue weighted by atomic mass is 10.5. The summed E-state index contributed by atoms with van der Waals surface area (Å²) in [6.45, 7) is 0. The fourth-order valence-electron chi connectivity index (χ4n) is 0.904. The molecule has 2 aliphatic rings. The molecule has 0 aliphatic heterocycles. The lowest BCUT2D eigenvalue weighted by Gasteiger charge is -1.89. The molecule has 0 spiro atoms. The van der Waals surface area contributed by atoms with Crippen LogP contribution in [-0.2, 0) is 0 Å². The second kappa shape index (κ2) is 1.05. The van der Waals surface area contributed by atoms with E-state index < -0.39 is 0 Å². The molecular formula is C7H6O. The Labute approximate surface area is 47.9 Å². The van der Waals surface area contributed by atoms with Crippen molar-refractivity contribution in [3.05, 3.63) is 18.2 Å². The van der Waals surface area contributed by atoms with Gasteiger partial charge in [0.15, 0.2) is 0 Å². The monoisotopic (exact) mass is 106 g/mol. The van der Waals surface area contributed by atoms with E-state index >= 15 is 0 Å². The van der Waals surface area contributed by atoms with Gasteiger partial charge in [-0.05, 0) is 17.7 Å². The van der Waals surface area contributed by atoms with E-state index in [4.69, 9.17) is 4.74 Å². The van der Waals surface area contributed by atoms with Gasteiger partial charge in [0.1, 0.15) is 5.75 Å². The van der Waals surface area contributed by atoms with E-state index in [-0.39, 0.29) is 0 Å². The molecule has 0 N–H and O–H groups in total. The van der Waals surface area contributed by atoms with E-state index in [1.54, 1.807) is 7.11 Å². The van der Waals surface area contributed by atoms with Crippen molar-refractivity contribution in [1.29, 1.82) is 0 Å². The molecule has 2 aliphatic carbocycles. The summed E-state index contributed by atoms with van der Waals surface area (Å²) < 4.78 is 5.01. The van der Waals surface area contributed by atoms with E-state index in [0.29, 0.717) is 0 Å². The molecule has 0 bridgehead atoms. The van der Waals surface area contributed by atoms with Gasteiger partial charge in [-0.3, -0.25) is 0 Å². The van der Waals surface area contributed by atoms with Crippen LogP contribution in [0.5, 0.6) is 5.75 Å². The summed E-state index contributed by atoms with van der Waals surface area (Å²) in [5.74, 6) is 1.01. The minimum Gasteiger partial charge on any atom is -0.496 e. The van der Waals surface area contributed by atoms with Gasteiger partial charge < -0.3 is 4.74 Å². The van der Waals surface area contributed by atoms with Crippen LogP contribution >= 0.6 is 0 Å². The van der Waals surface area contributed by atoms with E-state index in [9.17, 15) is 0 Å².